The number of phenolic OH excluding ortho intramolecular Hbond substituents is 2. The molecule has 2 aromatic carbocycles. The van der Waals surface area contributed by atoms with Crippen molar-refractivity contribution >= 4 is 0 Å². The molecule has 26 heavy (non-hydrogen) atoms. The second-order valence-electron chi connectivity index (χ2n) is 6.55. The molecule has 1 saturated heterocycles. The van der Waals surface area contributed by atoms with E-state index in [1.165, 1.54) is 20.3 Å². The van der Waals surface area contributed by atoms with Crippen LogP contribution in [0, 0.1) is 11.8 Å². The Morgan fingerprint density at radius 3 is 2.35 bits per heavy atom. The van der Waals surface area contributed by atoms with Crippen molar-refractivity contribution < 1.29 is 29.5 Å². The molecule has 0 radical (unpaired) electrons. The number of aliphatic hydroxyl groups is 1. The molecule has 0 spiro atoms. The highest BCUT2D eigenvalue weighted by Crippen LogP contribution is 2.38. The number of hydrogen-bond acceptors (Lipinski definition) is 6. The number of ether oxygens (including phenoxy) is 3. The first-order chi connectivity index (χ1) is 12.5. The van der Waals surface area contributed by atoms with Crippen LogP contribution in [-0.4, -0.2) is 42.8 Å². The fourth-order valence-electron chi connectivity index (χ4n) is 3.45. The zero-order valence-corrected chi connectivity index (χ0v) is 14.9. The summed E-state index contributed by atoms with van der Waals surface area (Å²) in [6.07, 6.45) is -0.0239. The van der Waals surface area contributed by atoms with E-state index in [1.807, 2.05) is 6.07 Å². The van der Waals surface area contributed by atoms with Crippen LogP contribution in [0.4, 0.5) is 0 Å². The first-order valence-corrected chi connectivity index (χ1v) is 8.52. The number of aromatic hydroxyl groups is 2. The largest absolute Gasteiger partial charge is 0.504 e. The maximum atomic E-state index is 10.8. The van der Waals surface area contributed by atoms with E-state index in [9.17, 15) is 15.3 Å². The second kappa shape index (κ2) is 7.85. The van der Waals surface area contributed by atoms with Crippen molar-refractivity contribution in [3.05, 3.63) is 47.5 Å². The van der Waals surface area contributed by atoms with Crippen LogP contribution in [0.3, 0.4) is 0 Å². The molecule has 1 fully saturated rings. The standard InChI is InChI=1S/C20H24O6/c1-24-18-8-12(3-5-16(18)21)7-14-10-26-11-15(14)20(23)13-4-6-17(22)19(9-13)25-2/h3-6,8-9,14-15,20-23H,7,10-11H2,1-2H3/t14-,15-,20?/m0/s1. The van der Waals surface area contributed by atoms with E-state index >= 15 is 0 Å². The number of aliphatic hydroxyl groups excluding tert-OH is 1. The Kier molecular flexibility index (Phi) is 5.54. The minimum absolute atomic E-state index is 0.0406. The summed E-state index contributed by atoms with van der Waals surface area (Å²) in [6, 6.07) is 10.1. The van der Waals surface area contributed by atoms with E-state index in [0.29, 0.717) is 36.7 Å². The predicted octanol–water partition coefficient (Wildman–Crippen LogP) is 2.65. The highest BCUT2D eigenvalue weighted by molar-refractivity contribution is 5.43. The van der Waals surface area contributed by atoms with Crippen LogP contribution in [0.2, 0.25) is 0 Å². The van der Waals surface area contributed by atoms with Crippen molar-refractivity contribution in [2.24, 2.45) is 11.8 Å². The topological polar surface area (TPSA) is 88.4 Å². The van der Waals surface area contributed by atoms with Gasteiger partial charge in [0.15, 0.2) is 23.0 Å². The van der Waals surface area contributed by atoms with E-state index in [2.05, 4.69) is 0 Å². The van der Waals surface area contributed by atoms with Gasteiger partial charge in [0.25, 0.3) is 0 Å². The Labute approximate surface area is 152 Å². The van der Waals surface area contributed by atoms with Gasteiger partial charge in [-0.2, -0.15) is 0 Å². The van der Waals surface area contributed by atoms with Crippen molar-refractivity contribution in [2.75, 3.05) is 27.4 Å². The third kappa shape index (κ3) is 3.71. The average molecular weight is 360 g/mol. The molecule has 0 aliphatic carbocycles. The van der Waals surface area contributed by atoms with E-state index in [4.69, 9.17) is 14.2 Å². The van der Waals surface area contributed by atoms with Crippen LogP contribution in [0.15, 0.2) is 36.4 Å². The number of rotatable bonds is 6. The maximum Gasteiger partial charge on any atom is 0.160 e. The molecular formula is C20H24O6. The lowest BCUT2D eigenvalue weighted by Crippen LogP contribution is -2.22. The van der Waals surface area contributed by atoms with Gasteiger partial charge in [-0.05, 0) is 47.7 Å². The molecule has 0 aromatic heterocycles. The van der Waals surface area contributed by atoms with Crippen LogP contribution in [-0.2, 0) is 11.2 Å². The fraction of sp³-hybridized carbons (Fsp3) is 0.400. The van der Waals surface area contributed by atoms with E-state index in [0.717, 1.165) is 5.56 Å². The quantitative estimate of drug-likeness (QED) is 0.734. The Morgan fingerprint density at radius 2 is 1.65 bits per heavy atom. The van der Waals surface area contributed by atoms with Crippen LogP contribution >= 0.6 is 0 Å². The molecule has 3 N–H and O–H groups in total. The van der Waals surface area contributed by atoms with Crippen molar-refractivity contribution in [3.8, 4) is 23.0 Å². The molecule has 2 aromatic rings. The van der Waals surface area contributed by atoms with Crippen LogP contribution in [0.1, 0.15) is 17.2 Å². The van der Waals surface area contributed by atoms with Crippen LogP contribution in [0.25, 0.3) is 0 Å². The highest BCUT2D eigenvalue weighted by Gasteiger charge is 2.35. The van der Waals surface area contributed by atoms with Gasteiger partial charge in [-0.25, -0.2) is 0 Å². The third-order valence-electron chi connectivity index (χ3n) is 4.94. The Balaban J connectivity index is 1.77. The summed E-state index contributed by atoms with van der Waals surface area (Å²) in [5, 5.41) is 30.3. The summed E-state index contributed by atoms with van der Waals surface area (Å²) in [7, 11) is 2.99. The summed E-state index contributed by atoms with van der Waals surface area (Å²) >= 11 is 0. The van der Waals surface area contributed by atoms with E-state index < -0.39 is 6.10 Å². The summed E-state index contributed by atoms with van der Waals surface area (Å²) in [5.74, 6) is 0.954. The van der Waals surface area contributed by atoms with Gasteiger partial charge < -0.3 is 29.5 Å². The van der Waals surface area contributed by atoms with Crippen molar-refractivity contribution in [3.63, 3.8) is 0 Å². The minimum Gasteiger partial charge on any atom is -0.504 e. The summed E-state index contributed by atoms with van der Waals surface area (Å²) in [5.41, 5.74) is 1.69. The highest BCUT2D eigenvalue weighted by atomic mass is 16.5. The number of methoxy groups -OCH3 is 2. The minimum atomic E-state index is -0.726. The number of benzene rings is 2. The zero-order chi connectivity index (χ0) is 18.7. The Bertz CT molecular complexity index is 760. The molecule has 1 aliphatic rings. The first-order valence-electron chi connectivity index (χ1n) is 8.52. The van der Waals surface area contributed by atoms with Gasteiger partial charge in [-0.1, -0.05) is 12.1 Å². The molecule has 1 heterocycles. The second-order valence-corrected chi connectivity index (χ2v) is 6.55. The zero-order valence-electron chi connectivity index (χ0n) is 14.9. The predicted molar refractivity (Wildman–Crippen MR) is 95.8 cm³/mol. The summed E-state index contributed by atoms with van der Waals surface area (Å²) in [4.78, 5) is 0. The molecular weight excluding hydrogens is 336 g/mol. The molecule has 1 unspecified atom stereocenters. The van der Waals surface area contributed by atoms with Gasteiger partial charge in [0, 0.05) is 5.92 Å². The average Bonchev–Trinajstić information content (AvgIpc) is 3.11. The van der Waals surface area contributed by atoms with E-state index in [1.54, 1.807) is 24.3 Å². The smallest absolute Gasteiger partial charge is 0.160 e. The van der Waals surface area contributed by atoms with Gasteiger partial charge in [0.1, 0.15) is 0 Å². The van der Waals surface area contributed by atoms with Gasteiger partial charge in [0.05, 0.1) is 33.5 Å². The SMILES string of the molecule is COc1cc(C[C@H]2COC[C@@H]2C(O)c2ccc(O)c(OC)c2)ccc1O. The lowest BCUT2D eigenvalue weighted by Gasteiger charge is -2.24. The van der Waals surface area contributed by atoms with Crippen LogP contribution in [0.5, 0.6) is 23.0 Å². The van der Waals surface area contributed by atoms with E-state index in [-0.39, 0.29) is 23.3 Å². The summed E-state index contributed by atoms with van der Waals surface area (Å²) in [6.45, 7) is 1.02. The Hall–Kier alpha value is -2.44. The Morgan fingerprint density at radius 1 is 1.00 bits per heavy atom. The first kappa shape index (κ1) is 18.4. The normalized spacial score (nSPS) is 20.7. The van der Waals surface area contributed by atoms with Gasteiger partial charge >= 0.3 is 0 Å². The molecule has 0 amide bonds. The molecule has 0 saturated carbocycles. The summed E-state index contributed by atoms with van der Waals surface area (Å²) < 4.78 is 15.9. The number of hydrogen-bond donors (Lipinski definition) is 3. The molecule has 0 bridgehead atoms. The van der Waals surface area contributed by atoms with Crippen molar-refractivity contribution in [1.82, 2.24) is 0 Å². The molecule has 6 nitrogen and oxygen atoms in total. The lowest BCUT2D eigenvalue weighted by molar-refractivity contribution is 0.0809. The molecule has 6 heteroatoms. The lowest BCUT2D eigenvalue weighted by atomic mass is 9.83. The van der Waals surface area contributed by atoms with Crippen LogP contribution < -0.4 is 9.47 Å². The number of phenols is 2. The molecule has 1 aliphatic heterocycles. The van der Waals surface area contributed by atoms with Gasteiger partial charge in [-0.15, -0.1) is 0 Å². The molecule has 140 valence electrons. The molecule has 3 rings (SSSR count). The third-order valence-corrected chi connectivity index (χ3v) is 4.94. The van der Waals surface area contributed by atoms with Crippen molar-refractivity contribution in [2.45, 2.75) is 12.5 Å². The fourth-order valence-corrected chi connectivity index (χ4v) is 3.45. The maximum absolute atomic E-state index is 10.8. The van der Waals surface area contributed by atoms with Gasteiger partial charge in [0.2, 0.25) is 0 Å². The monoisotopic (exact) mass is 360 g/mol. The molecule has 3 atom stereocenters. The van der Waals surface area contributed by atoms with Crippen molar-refractivity contribution in [1.29, 1.82) is 0 Å². The van der Waals surface area contributed by atoms with Gasteiger partial charge in [-0.3, -0.25) is 0 Å².